The quantitative estimate of drug-likeness (QED) is 0.807. The van der Waals surface area contributed by atoms with Gasteiger partial charge in [0.15, 0.2) is 0 Å². The van der Waals surface area contributed by atoms with Gasteiger partial charge in [0.2, 0.25) is 5.88 Å². The third-order valence-corrected chi connectivity index (χ3v) is 2.70. The molecule has 2 heterocycles. The van der Waals surface area contributed by atoms with Gasteiger partial charge in [0, 0.05) is 22.8 Å². The molecule has 16 heavy (non-hydrogen) atoms. The largest absolute Gasteiger partial charge is 0.437 e. The summed E-state index contributed by atoms with van der Waals surface area (Å²) in [6.07, 6.45) is 3.41. The number of halogens is 1. The molecular weight excluding hydrogens is 268 g/mol. The van der Waals surface area contributed by atoms with E-state index in [2.05, 4.69) is 25.9 Å². The predicted octanol–water partition coefficient (Wildman–Crippen LogP) is 3.47. The van der Waals surface area contributed by atoms with Crippen LogP contribution in [0.15, 0.2) is 36.7 Å². The number of alkyl halides is 1. The van der Waals surface area contributed by atoms with Crippen LogP contribution in [0.5, 0.6) is 11.6 Å². The molecule has 0 aliphatic rings. The molecular formula is C12H11BrN2O. The number of aromatic nitrogens is 2. The van der Waals surface area contributed by atoms with E-state index >= 15 is 0 Å². The first-order valence-electron chi connectivity index (χ1n) is 4.90. The lowest BCUT2D eigenvalue weighted by molar-refractivity contribution is 0.456. The molecule has 0 aliphatic heterocycles. The molecule has 82 valence electrons. The van der Waals surface area contributed by atoms with E-state index in [1.165, 1.54) is 0 Å². The van der Waals surface area contributed by atoms with Crippen molar-refractivity contribution in [3.63, 3.8) is 0 Å². The molecule has 0 fully saturated rings. The maximum Gasteiger partial charge on any atom is 0.223 e. The maximum absolute atomic E-state index is 5.65. The molecule has 0 bridgehead atoms. The second kappa shape index (κ2) is 5.07. The number of hydrogen-bond donors (Lipinski definition) is 0. The SMILES string of the molecule is Cc1ccc(Oc2ncccc2CBr)cn1. The van der Waals surface area contributed by atoms with Gasteiger partial charge < -0.3 is 4.74 Å². The van der Waals surface area contributed by atoms with Crippen LogP contribution >= 0.6 is 15.9 Å². The van der Waals surface area contributed by atoms with Gasteiger partial charge in [-0.2, -0.15) is 0 Å². The summed E-state index contributed by atoms with van der Waals surface area (Å²) in [5, 5.41) is 0.718. The highest BCUT2D eigenvalue weighted by Crippen LogP contribution is 2.23. The molecule has 0 aliphatic carbocycles. The molecule has 0 saturated carbocycles. The predicted molar refractivity (Wildman–Crippen MR) is 65.9 cm³/mol. The molecule has 0 spiro atoms. The Morgan fingerprint density at radius 3 is 2.81 bits per heavy atom. The summed E-state index contributed by atoms with van der Waals surface area (Å²) in [5.41, 5.74) is 1.98. The van der Waals surface area contributed by atoms with Crippen LogP contribution in [0.3, 0.4) is 0 Å². The summed E-state index contributed by atoms with van der Waals surface area (Å²) in [6.45, 7) is 1.94. The zero-order valence-corrected chi connectivity index (χ0v) is 10.4. The number of hydrogen-bond acceptors (Lipinski definition) is 3. The molecule has 2 aromatic heterocycles. The van der Waals surface area contributed by atoms with Crippen LogP contribution in [0, 0.1) is 6.92 Å². The van der Waals surface area contributed by atoms with E-state index in [9.17, 15) is 0 Å². The maximum atomic E-state index is 5.65. The van der Waals surface area contributed by atoms with Crippen molar-refractivity contribution in [2.24, 2.45) is 0 Å². The first kappa shape index (κ1) is 11.1. The van der Waals surface area contributed by atoms with E-state index in [0.29, 0.717) is 11.6 Å². The summed E-state index contributed by atoms with van der Waals surface area (Å²) in [5.74, 6) is 1.32. The summed E-state index contributed by atoms with van der Waals surface area (Å²) in [6, 6.07) is 7.65. The molecule has 4 heteroatoms. The lowest BCUT2D eigenvalue weighted by atomic mass is 10.3. The number of pyridine rings is 2. The zero-order chi connectivity index (χ0) is 11.4. The van der Waals surface area contributed by atoms with E-state index < -0.39 is 0 Å². The zero-order valence-electron chi connectivity index (χ0n) is 8.85. The molecule has 0 atom stereocenters. The van der Waals surface area contributed by atoms with E-state index in [1.54, 1.807) is 12.4 Å². The van der Waals surface area contributed by atoms with Crippen molar-refractivity contribution in [3.05, 3.63) is 47.9 Å². The third-order valence-electron chi connectivity index (χ3n) is 2.09. The van der Waals surface area contributed by atoms with Gasteiger partial charge in [-0.15, -0.1) is 0 Å². The normalized spacial score (nSPS) is 10.1. The van der Waals surface area contributed by atoms with Gasteiger partial charge in [-0.1, -0.05) is 22.0 Å². The van der Waals surface area contributed by atoms with Crippen molar-refractivity contribution in [2.75, 3.05) is 0 Å². The first-order valence-corrected chi connectivity index (χ1v) is 6.02. The second-order valence-corrected chi connectivity index (χ2v) is 3.90. The average Bonchev–Trinajstić information content (AvgIpc) is 2.33. The number of rotatable bonds is 3. The molecule has 0 saturated heterocycles. The molecule has 3 nitrogen and oxygen atoms in total. The van der Waals surface area contributed by atoms with Gasteiger partial charge in [-0.3, -0.25) is 4.98 Å². The molecule has 0 unspecified atom stereocenters. The topological polar surface area (TPSA) is 35.0 Å². The summed E-state index contributed by atoms with van der Waals surface area (Å²) in [4.78, 5) is 8.35. The molecule has 0 N–H and O–H groups in total. The minimum Gasteiger partial charge on any atom is -0.437 e. The van der Waals surface area contributed by atoms with Crippen LogP contribution in [0.4, 0.5) is 0 Å². The van der Waals surface area contributed by atoms with Crippen molar-refractivity contribution in [1.82, 2.24) is 9.97 Å². The standard InChI is InChI=1S/C12H11BrN2O/c1-9-4-5-11(8-15-9)16-12-10(7-13)3-2-6-14-12/h2-6,8H,7H2,1H3. The number of nitrogens with zero attached hydrogens (tertiary/aromatic N) is 2. The molecule has 0 radical (unpaired) electrons. The lowest BCUT2D eigenvalue weighted by Gasteiger charge is -2.07. The Labute approximate surface area is 103 Å². The van der Waals surface area contributed by atoms with E-state index in [1.807, 2.05) is 31.2 Å². The van der Waals surface area contributed by atoms with E-state index in [0.717, 1.165) is 16.6 Å². The van der Waals surface area contributed by atoms with E-state index in [4.69, 9.17) is 4.74 Å². The molecule has 0 aromatic carbocycles. The third kappa shape index (κ3) is 2.58. The van der Waals surface area contributed by atoms with Crippen LogP contribution in [-0.4, -0.2) is 9.97 Å². The first-order chi connectivity index (χ1) is 7.79. The van der Waals surface area contributed by atoms with Crippen molar-refractivity contribution in [3.8, 4) is 11.6 Å². The van der Waals surface area contributed by atoms with Gasteiger partial charge in [-0.25, -0.2) is 4.98 Å². The van der Waals surface area contributed by atoms with Gasteiger partial charge in [0.25, 0.3) is 0 Å². The Bertz CT molecular complexity index is 471. The summed E-state index contributed by atoms with van der Waals surface area (Å²) < 4.78 is 5.65. The molecule has 2 aromatic rings. The van der Waals surface area contributed by atoms with Crippen LogP contribution in [-0.2, 0) is 5.33 Å². The van der Waals surface area contributed by atoms with Crippen LogP contribution in [0.1, 0.15) is 11.3 Å². The fraction of sp³-hybridized carbons (Fsp3) is 0.167. The van der Waals surface area contributed by atoms with Gasteiger partial charge in [0.1, 0.15) is 5.75 Å². The Kier molecular flexibility index (Phi) is 3.51. The van der Waals surface area contributed by atoms with Crippen molar-refractivity contribution >= 4 is 15.9 Å². The summed E-state index contributed by atoms with van der Waals surface area (Å²) >= 11 is 3.40. The van der Waals surface area contributed by atoms with Crippen molar-refractivity contribution in [2.45, 2.75) is 12.3 Å². The summed E-state index contributed by atoms with van der Waals surface area (Å²) in [7, 11) is 0. The Morgan fingerprint density at radius 1 is 1.25 bits per heavy atom. The second-order valence-electron chi connectivity index (χ2n) is 3.34. The van der Waals surface area contributed by atoms with Gasteiger partial charge in [-0.05, 0) is 25.1 Å². The average molecular weight is 279 g/mol. The Hall–Kier alpha value is -1.42. The minimum atomic E-state index is 0.616. The van der Waals surface area contributed by atoms with E-state index in [-0.39, 0.29) is 0 Å². The lowest BCUT2D eigenvalue weighted by Crippen LogP contribution is -1.93. The highest BCUT2D eigenvalue weighted by Gasteiger charge is 2.04. The Morgan fingerprint density at radius 2 is 2.12 bits per heavy atom. The van der Waals surface area contributed by atoms with Gasteiger partial charge in [0.05, 0.1) is 6.20 Å². The minimum absolute atomic E-state index is 0.616. The fourth-order valence-electron chi connectivity index (χ4n) is 1.24. The number of ether oxygens (including phenoxy) is 1. The monoisotopic (exact) mass is 278 g/mol. The van der Waals surface area contributed by atoms with Gasteiger partial charge >= 0.3 is 0 Å². The van der Waals surface area contributed by atoms with Crippen molar-refractivity contribution < 1.29 is 4.74 Å². The van der Waals surface area contributed by atoms with Crippen LogP contribution in [0.25, 0.3) is 0 Å². The highest BCUT2D eigenvalue weighted by atomic mass is 79.9. The van der Waals surface area contributed by atoms with Crippen LogP contribution in [0.2, 0.25) is 0 Å². The highest BCUT2D eigenvalue weighted by molar-refractivity contribution is 9.08. The number of aryl methyl sites for hydroxylation is 1. The molecule has 0 amide bonds. The fourth-order valence-corrected chi connectivity index (χ4v) is 1.67. The smallest absolute Gasteiger partial charge is 0.223 e. The molecule has 2 rings (SSSR count). The Balaban J connectivity index is 2.23. The van der Waals surface area contributed by atoms with Crippen molar-refractivity contribution in [1.29, 1.82) is 0 Å². The van der Waals surface area contributed by atoms with Crippen LogP contribution < -0.4 is 4.74 Å².